The number of rotatable bonds is 8. The summed E-state index contributed by atoms with van der Waals surface area (Å²) in [6.45, 7) is 2.46. The molecule has 4 amide bonds. The van der Waals surface area contributed by atoms with E-state index in [1.807, 2.05) is 97.9 Å². The van der Waals surface area contributed by atoms with E-state index in [-0.39, 0.29) is 25.2 Å². The van der Waals surface area contributed by atoms with Crippen LogP contribution in [-0.4, -0.2) is 25.2 Å². The summed E-state index contributed by atoms with van der Waals surface area (Å²) in [5.74, 6) is 1.38. The van der Waals surface area contributed by atoms with Gasteiger partial charge in [0.15, 0.2) is 0 Å². The minimum atomic E-state index is -0.354. The van der Waals surface area contributed by atoms with Gasteiger partial charge in [-0.15, -0.1) is 0 Å². The monoisotopic (exact) mass is 558 g/mol. The second-order valence-electron chi connectivity index (χ2n) is 8.25. The van der Waals surface area contributed by atoms with Crippen LogP contribution in [0.25, 0.3) is 0 Å². The fourth-order valence-electron chi connectivity index (χ4n) is 3.57. The normalized spacial score (nSPS) is 10.3. The Labute approximate surface area is 224 Å². The second-order valence-corrected chi connectivity index (χ2v) is 9.16. The van der Waals surface area contributed by atoms with Gasteiger partial charge in [0.2, 0.25) is 0 Å². The van der Waals surface area contributed by atoms with Gasteiger partial charge in [0, 0.05) is 34.6 Å². The molecule has 0 saturated heterocycles. The molecule has 8 heteroatoms. The van der Waals surface area contributed by atoms with Gasteiger partial charge in [0.25, 0.3) is 0 Å². The average Bonchev–Trinajstić information content (AvgIpc) is 2.89. The zero-order valence-electron chi connectivity index (χ0n) is 20.3. The van der Waals surface area contributed by atoms with Gasteiger partial charge in [-0.3, -0.25) is 4.90 Å². The Morgan fingerprint density at radius 1 is 0.784 bits per heavy atom. The largest absolute Gasteiger partial charge is 0.457 e. The lowest BCUT2D eigenvalue weighted by atomic mass is 10.2. The van der Waals surface area contributed by atoms with Gasteiger partial charge < -0.3 is 20.7 Å². The standard InChI is InChI=1S/C29H27BrN4O3/c1-21-6-5-7-24(20-21)33-29(36)34(19-18-31-28(35)32-23-12-10-22(30)11-13-23)25-14-16-27(17-15-25)37-26-8-3-2-4-9-26/h2-17,20H,18-19H2,1H3,(H,33,36)(H2,31,32,35). The number of ether oxygens (including phenoxy) is 1. The molecule has 4 rings (SSSR count). The highest BCUT2D eigenvalue weighted by Crippen LogP contribution is 2.25. The Balaban J connectivity index is 1.43. The number of carbonyl (C=O) groups excluding carboxylic acids is 2. The van der Waals surface area contributed by atoms with Gasteiger partial charge in [0.1, 0.15) is 11.5 Å². The number of nitrogens with one attached hydrogen (secondary N) is 3. The molecule has 0 bridgehead atoms. The van der Waals surface area contributed by atoms with Crippen LogP contribution in [0.3, 0.4) is 0 Å². The van der Waals surface area contributed by atoms with E-state index in [9.17, 15) is 9.59 Å². The van der Waals surface area contributed by atoms with Crippen LogP contribution in [0.4, 0.5) is 26.7 Å². The summed E-state index contributed by atoms with van der Waals surface area (Å²) in [5, 5.41) is 8.53. The molecule has 0 aromatic heterocycles. The van der Waals surface area contributed by atoms with E-state index in [1.165, 1.54) is 0 Å². The Bertz CT molecular complexity index is 1330. The number of halogens is 1. The van der Waals surface area contributed by atoms with E-state index in [1.54, 1.807) is 17.0 Å². The molecule has 7 nitrogen and oxygen atoms in total. The van der Waals surface area contributed by atoms with Crippen LogP contribution in [0, 0.1) is 6.92 Å². The van der Waals surface area contributed by atoms with Crippen molar-refractivity contribution in [2.45, 2.75) is 6.92 Å². The zero-order chi connectivity index (χ0) is 26.0. The third kappa shape index (κ3) is 7.85. The van der Waals surface area contributed by atoms with Crippen molar-refractivity contribution < 1.29 is 14.3 Å². The second kappa shape index (κ2) is 12.6. The topological polar surface area (TPSA) is 82.7 Å². The van der Waals surface area contributed by atoms with Crippen molar-refractivity contribution in [3.05, 3.63) is 113 Å². The molecule has 188 valence electrons. The molecule has 0 unspecified atom stereocenters. The molecule has 0 aliphatic rings. The molecule has 0 spiro atoms. The van der Waals surface area contributed by atoms with Crippen molar-refractivity contribution in [1.82, 2.24) is 5.32 Å². The number of amides is 4. The highest BCUT2D eigenvalue weighted by Gasteiger charge is 2.17. The SMILES string of the molecule is Cc1cccc(NC(=O)N(CCNC(=O)Nc2ccc(Br)cc2)c2ccc(Oc3ccccc3)cc2)c1. The Morgan fingerprint density at radius 2 is 1.49 bits per heavy atom. The number of hydrogen-bond donors (Lipinski definition) is 3. The van der Waals surface area contributed by atoms with Crippen LogP contribution < -0.4 is 25.6 Å². The summed E-state index contributed by atoms with van der Waals surface area (Å²) < 4.78 is 6.80. The van der Waals surface area contributed by atoms with Crippen molar-refractivity contribution in [2.24, 2.45) is 0 Å². The summed E-state index contributed by atoms with van der Waals surface area (Å²) >= 11 is 3.37. The first-order valence-corrected chi connectivity index (χ1v) is 12.5. The maximum Gasteiger partial charge on any atom is 0.326 e. The summed E-state index contributed by atoms with van der Waals surface area (Å²) in [7, 11) is 0. The minimum absolute atomic E-state index is 0.242. The average molecular weight is 559 g/mol. The van der Waals surface area contributed by atoms with Crippen LogP contribution in [0.1, 0.15) is 5.56 Å². The molecule has 0 aliphatic heterocycles. The molecule has 4 aromatic carbocycles. The predicted octanol–water partition coefficient (Wildman–Crippen LogP) is 7.41. The first kappa shape index (κ1) is 25.8. The number of aryl methyl sites for hydroxylation is 1. The summed E-state index contributed by atoms with van der Waals surface area (Å²) in [4.78, 5) is 27.2. The van der Waals surface area contributed by atoms with Crippen molar-refractivity contribution >= 4 is 45.1 Å². The number of hydrogen-bond acceptors (Lipinski definition) is 3. The van der Waals surface area contributed by atoms with Crippen molar-refractivity contribution in [1.29, 1.82) is 0 Å². The minimum Gasteiger partial charge on any atom is -0.457 e. The number of carbonyl (C=O) groups is 2. The third-order valence-corrected chi connectivity index (χ3v) is 5.89. The van der Waals surface area contributed by atoms with Crippen LogP contribution in [0.2, 0.25) is 0 Å². The molecule has 0 atom stereocenters. The highest BCUT2D eigenvalue weighted by atomic mass is 79.9. The van der Waals surface area contributed by atoms with E-state index in [2.05, 4.69) is 31.9 Å². The van der Waals surface area contributed by atoms with Gasteiger partial charge in [-0.1, -0.05) is 46.3 Å². The number of urea groups is 2. The maximum atomic E-state index is 13.2. The third-order valence-electron chi connectivity index (χ3n) is 5.36. The summed E-state index contributed by atoms with van der Waals surface area (Å²) in [6, 6.07) is 30.9. The molecule has 0 fully saturated rings. The first-order chi connectivity index (χ1) is 18.0. The summed E-state index contributed by atoms with van der Waals surface area (Å²) in [6.07, 6.45) is 0. The Hall–Kier alpha value is -4.30. The molecule has 0 radical (unpaired) electrons. The Morgan fingerprint density at radius 3 is 2.19 bits per heavy atom. The molecule has 0 heterocycles. The number of para-hydroxylation sites is 1. The molecular weight excluding hydrogens is 532 g/mol. The van der Waals surface area contributed by atoms with Gasteiger partial charge in [-0.05, 0) is 85.3 Å². The fourth-order valence-corrected chi connectivity index (χ4v) is 3.83. The smallest absolute Gasteiger partial charge is 0.326 e. The highest BCUT2D eigenvalue weighted by molar-refractivity contribution is 9.10. The van der Waals surface area contributed by atoms with Crippen LogP contribution in [0.15, 0.2) is 108 Å². The van der Waals surface area contributed by atoms with Gasteiger partial charge in [-0.2, -0.15) is 0 Å². The first-order valence-electron chi connectivity index (χ1n) is 11.7. The number of nitrogens with zero attached hydrogens (tertiary/aromatic N) is 1. The Kier molecular flexibility index (Phi) is 8.78. The molecule has 3 N–H and O–H groups in total. The van der Waals surface area contributed by atoms with Gasteiger partial charge in [-0.25, -0.2) is 9.59 Å². The van der Waals surface area contributed by atoms with Crippen LogP contribution in [0.5, 0.6) is 11.5 Å². The molecule has 4 aromatic rings. The molecular formula is C29H27BrN4O3. The lowest BCUT2D eigenvalue weighted by Gasteiger charge is -2.24. The zero-order valence-corrected chi connectivity index (χ0v) is 21.9. The van der Waals surface area contributed by atoms with Crippen LogP contribution >= 0.6 is 15.9 Å². The fraction of sp³-hybridized carbons (Fsp3) is 0.103. The summed E-state index contributed by atoms with van der Waals surface area (Å²) in [5.41, 5.74) is 3.07. The van der Waals surface area contributed by atoms with Crippen molar-refractivity contribution in [3.63, 3.8) is 0 Å². The lowest BCUT2D eigenvalue weighted by molar-refractivity contribution is 0.250. The number of anilines is 3. The van der Waals surface area contributed by atoms with E-state index >= 15 is 0 Å². The van der Waals surface area contributed by atoms with Gasteiger partial charge in [0.05, 0.1) is 0 Å². The van der Waals surface area contributed by atoms with E-state index in [0.29, 0.717) is 22.8 Å². The predicted molar refractivity (Wildman–Crippen MR) is 152 cm³/mol. The van der Waals surface area contributed by atoms with Crippen molar-refractivity contribution in [2.75, 3.05) is 28.6 Å². The number of benzene rings is 4. The van der Waals surface area contributed by atoms with Crippen LogP contribution in [-0.2, 0) is 0 Å². The van der Waals surface area contributed by atoms with Gasteiger partial charge >= 0.3 is 12.1 Å². The molecule has 0 aliphatic carbocycles. The maximum absolute atomic E-state index is 13.2. The van der Waals surface area contributed by atoms with E-state index < -0.39 is 0 Å². The molecule has 37 heavy (non-hydrogen) atoms. The molecule has 0 saturated carbocycles. The quantitative estimate of drug-likeness (QED) is 0.210. The van der Waals surface area contributed by atoms with E-state index in [0.717, 1.165) is 15.8 Å². The lowest BCUT2D eigenvalue weighted by Crippen LogP contribution is -2.42. The van der Waals surface area contributed by atoms with E-state index in [4.69, 9.17) is 4.74 Å². The van der Waals surface area contributed by atoms with Crippen molar-refractivity contribution in [3.8, 4) is 11.5 Å².